The number of imidazole rings is 1. The Morgan fingerprint density at radius 1 is 1.06 bits per heavy atom. The normalized spacial score (nSPS) is 23.5. The van der Waals surface area contributed by atoms with Crippen LogP contribution < -0.4 is 4.74 Å². The Kier molecular flexibility index (Phi) is 5.82. The van der Waals surface area contributed by atoms with Gasteiger partial charge in [0.05, 0.1) is 36.8 Å². The van der Waals surface area contributed by atoms with Crippen LogP contribution in [0.5, 0.6) is 5.75 Å². The van der Waals surface area contributed by atoms with Gasteiger partial charge in [-0.1, -0.05) is 18.2 Å². The summed E-state index contributed by atoms with van der Waals surface area (Å²) < 4.78 is 14.0. The number of hydrogen-bond acceptors (Lipinski definition) is 5. The predicted octanol–water partition coefficient (Wildman–Crippen LogP) is 3.96. The summed E-state index contributed by atoms with van der Waals surface area (Å²) in [4.78, 5) is 10.2. The lowest BCUT2D eigenvalue weighted by atomic mass is 9.84. The number of ether oxygens (including phenoxy) is 2. The molecule has 0 N–H and O–H groups in total. The highest BCUT2D eigenvalue weighted by molar-refractivity contribution is 5.76. The van der Waals surface area contributed by atoms with Crippen LogP contribution in [-0.4, -0.2) is 71.9 Å². The summed E-state index contributed by atoms with van der Waals surface area (Å²) in [7, 11) is 2.16. The standard InChI is InChI=1S/C27H34N4O2/c1-29-26-7-3-2-6-24(26)28-27(29)23-19-31-12-4-8-25(31)22-18-20(9-10-21(22)23)33-15-5-11-30-13-16-32-17-14-30/h2-3,6-7,9-10,18,23,25H,4-5,8,11-17,19H2,1H3. The van der Waals surface area contributed by atoms with E-state index < -0.39 is 0 Å². The minimum Gasteiger partial charge on any atom is -0.494 e. The molecule has 6 heteroatoms. The first kappa shape index (κ1) is 21.1. The fourth-order valence-electron chi connectivity index (χ4n) is 5.98. The molecule has 0 spiro atoms. The Balaban J connectivity index is 1.23. The summed E-state index contributed by atoms with van der Waals surface area (Å²) in [5.41, 5.74) is 5.16. The van der Waals surface area contributed by atoms with Gasteiger partial charge in [0.15, 0.2) is 0 Å². The van der Waals surface area contributed by atoms with Gasteiger partial charge in [-0.15, -0.1) is 0 Å². The van der Waals surface area contributed by atoms with Gasteiger partial charge in [-0.3, -0.25) is 9.80 Å². The van der Waals surface area contributed by atoms with Gasteiger partial charge >= 0.3 is 0 Å². The lowest BCUT2D eigenvalue weighted by Gasteiger charge is -2.37. The smallest absolute Gasteiger partial charge is 0.119 e. The second-order valence-electron chi connectivity index (χ2n) is 9.67. The van der Waals surface area contributed by atoms with E-state index >= 15 is 0 Å². The van der Waals surface area contributed by atoms with Crippen LogP contribution in [0.3, 0.4) is 0 Å². The van der Waals surface area contributed by atoms with E-state index in [-0.39, 0.29) is 0 Å². The van der Waals surface area contributed by atoms with Crippen molar-refractivity contribution in [2.75, 3.05) is 52.5 Å². The van der Waals surface area contributed by atoms with Crippen LogP contribution in [0.25, 0.3) is 11.0 Å². The Bertz CT molecular complexity index is 1120. The number of aromatic nitrogens is 2. The first-order valence-electron chi connectivity index (χ1n) is 12.5. The van der Waals surface area contributed by atoms with E-state index in [2.05, 4.69) is 63.9 Å². The molecule has 2 unspecified atom stereocenters. The molecule has 6 rings (SSSR count). The average Bonchev–Trinajstić information content (AvgIpc) is 3.47. The summed E-state index contributed by atoms with van der Waals surface area (Å²) in [6.45, 7) is 7.87. The van der Waals surface area contributed by atoms with E-state index in [9.17, 15) is 0 Å². The molecule has 33 heavy (non-hydrogen) atoms. The highest BCUT2D eigenvalue weighted by atomic mass is 16.5. The van der Waals surface area contributed by atoms with Crippen molar-refractivity contribution < 1.29 is 9.47 Å². The SMILES string of the molecule is Cn1c(C2CN3CCCC3c3cc(OCCCN4CCOCC4)ccc32)nc2ccccc21. The second kappa shape index (κ2) is 9.09. The van der Waals surface area contributed by atoms with Crippen LogP contribution in [0, 0.1) is 0 Å². The summed E-state index contributed by atoms with van der Waals surface area (Å²) in [5.74, 6) is 2.47. The van der Waals surface area contributed by atoms with Gasteiger partial charge in [-0.05, 0) is 61.2 Å². The highest BCUT2D eigenvalue weighted by Crippen LogP contribution is 2.45. The van der Waals surface area contributed by atoms with Gasteiger partial charge in [0.25, 0.3) is 0 Å². The van der Waals surface area contributed by atoms with Gasteiger partial charge in [0, 0.05) is 39.3 Å². The molecule has 0 aliphatic carbocycles. The number of para-hydroxylation sites is 2. The van der Waals surface area contributed by atoms with Crippen molar-refractivity contribution >= 4 is 11.0 Å². The monoisotopic (exact) mass is 446 g/mol. The number of nitrogens with zero attached hydrogens (tertiary/aromatic N) is 4. The molecule has 2 aromatic carbocycles. The van der Waals surface area contributed by atoms with Crippen molar-refractivity contribution in [1.29, 1.82) is 0 Å². The third-order valence-electron chi connectivity index (χ3n) is 7.70. The average molecular weight is 447 g/mol. The topological polar surface area (TPSA) is 42.8 Å². The van der Waals surface area contributed by atoms with Crippen LogP contribution in [-0.2, 0) is 11.8 Å². The molecule has 3 aromatic rings. The van der Waals surface area contributed by atoms with E-state index in [1.165, 1.54) is 41.9 Å². The molecule has 0 amide bonds. The first-order valence-corrected chi connectivity index (χ1v) is 12.5. The molecule has 0 bridgehead atoms. The van der Waals surface area contributed by atoms with Crippen molar-refractivity contribution in [3.8, 4) is 5.75 Å². The molecule has 2 saturated heterocycles. The maximum atomic E-state index is 6.23. The molecule has 2 fully saturated rings. The molecule has 1 aromatic heterocycles. The Morgan fingerprint density at radius 3 is 2.82 bits per heavy atom. The molecular formula is C27H34N4O2. The van der Waals surface area contributed by atoms with Gasteiger partial charge in [-0.2, -0.15) is 0 Å². The zero-order valence-corrected chi connectivity index (χ0v) is 19.6. The van der Waals surface area contributed by atoms with Gasteiger partial charge < -0.3 is 14.0 Å². The third-order valence-corrected chi connectivity index (χ3v) is 7.70. The molecule has 3 aliphatic rings. The largest absolute Gasteiger partial charge is 0.494 e. The van der Waals surface area contributed by atoms with E-state index in [0.29, 0.717) is 12.0 Å². The van der Waals surface area contributed by atoms with Crippen molar-refractivity contribution in [3.63, 3.8) is 0 Å². The van der Waals surface area contributed by atoms with Gasteiger partial charge in [0.1, 0.15) is 11.6 Å². The quantitative estimate of drug-likeness (QED) is 0.537. The fraction of sp³-hybridized carbons (Fsp3) is 0.519. The second-order valence-corrected chi connectivity index (χ2v) is 9.67. The Morgan fingerprint density at radius 2 is 1.94 bits per heavy atom. The Labute approximate surface area is 196 Å². The first-order chi connectivity index (χ1) is 16.3. The summed E-state index contributed by atoms with van der Waals surface area (Å²) in [5, 5.41) is 0. The van der Waals surface area contributed by atoms with Crippen LogP contribution in [0.2, 0.25) is 0 Å². The summed E-state index contributed by atoms with van der Waals surface area (Å²) in [6, 6.07) is 15.8. The summed E-state index contributed by atoms with van der Waals surface area (Å²) in [6.07, 6.45) is 3.56. The van der Waals surface area contributed by atoms with Gasteiger partial charge in [0.2, 0.25) is 0 Å². The van der Waals surface area contributed by atoms with Crippen LogP contribution in [0.4, 0.5) is 0 Å². The number of morpholine rings is 1. The number of rotatable bonds is 6. The van der Waals surface area contributed by atoms with Crippen LogP contribution >= 0.6 is 0 Å². The maximum absolute atomic E-state index is 6.23. The minimum absolute atomic E-state index is 0.294. The number of fused-ring (bicyclic) bond motifs is 4. The van der Waals surface area contributed by atoms with E-state index in [4.69, 9.17) is 14.5 Å². The molecule has 2 atom stereocenters. The molecular weight excluding hydrogens is 412 g/mol. The lowest BCUT2D eigenvalue weighted by Crippen LogP contribution is -2.37. The molecule has 0 radical (unpaired) electrons. The van der Waals surface area contributed by atoms with Crippen LogP contribution in [0.15, 0.2) is 42.5 Å². The molecule has 174 valence electrons. The number of hydrogen-bond donors (Lipinski definition) is 0. The van der Waals surface area contributed by atoms with Crippen LogP contribution in [0.1, 0.15) is 48.2 Å². The number of benzene rings is 2. The predicted molar refractivity (Wildman–Crippen MR) is 130 cm³/mol. The van der Waals surface area contributed by atoms with Crippen molar-refractivity contribution in [2.45, 2.75) is 31.2 Å². The van der Waals surface area contributed by atoms with Crippen molar-refractivity contribution in [3.05, 3.63) is 59.4 Å². The number of aryl methyl sites for hydroxylation is 1. The molecule has 3 aliphatic heterocycles. The zero-order chi connectivity index (χ0) is 22.2. The Hall–Kier alpha value is -2.41. The van der Waals surface area contributed by atoms with E-state index in [1.54, 1.807) is 0 Å². The zero-order valence-electron chi connectivity index (χ0n) is 19.6. The molecule has 6 nitrogen and oxygen atoms in total. The minimum atomic E-state index is 0.294. The maximum Gasteiger partial charge on any atom is 0.119 e. The lowest BCUT2D eigenvalue weighted by molar-refractivity contribution is 0.0358. The van der Waals surface area contributed by atoms with E-state index in [0.717, 1.165) is 63.7 Å². The molecule has 4 heterocycles. The summed E-state index contributed by atoms with van der Waals surface area (Å²) >= 11 is 0. The fourth-order valence-corrected chi connectivity index (χ4v) is 5.98. The highest BCUT2D eigenvalue weighted by Gasteiger charge is 2.38. The molecule has 0 saturated carbocycles. The van der Waals surface area contributed by atoms with E-state index in [1.807, 2.05) is 0 Å². The van der Waals surface area contributed by atoms with Crippen molar-refractivity contribution in [1.82, 2.24) is 19.4 Å². The van der Waals surface area contributed by atoms with Crippen molar-refractivity contribution in [2.24, 2.45) is 7.05 Å². The van der Waals surface area contributed by atoms with Gasteiger partial charge in [-0.25, -0.2) is 4.98 Å². The third kappa shape index (κ3) is 4.05.